The summed E-state index contributed by atoms with van der Waals surface area (Å²) in [5, 5.41) is 3.45. The highest BCUT2D eigenvalue weighted by Gasteiger charge is 2.12. The second-order valence-electron chi connectivity index (χ2n) is 4.38. The lowest BCUT2D eigenvalue weighted by Crippen LogP contribution is -2.13. The maximum absolute atomic E-state index is 5.84. The summed E-state index contributed by atoms with van der Waals surface area (Å²) >= 11 is 0. The van der Waals surface area contributed by atoms with Gasteiger partial charge in [0.25, 0.3) is 0 Å². The van der Waals surface area contributed by atoms with E-state index in [1.165, 1.54) is 36.9 Å². The molecule has 1 heterocycles. The number of nitrogens with one attached hydrogen (secondary N) is 1. The van der Waals surface area contributed by atoms with E-state index in [-0.39, 0.29) is 0 Å². The van der Waals surface area contributed by atoms with E-state index in [0.717, 1.165) is 25.3 Å². The molecule has 0 bridgehead atoms. The van der Waals surface area contributed by atoms with Crippen LogP contribution in [-0.4, -0.2) is 13.2 Å². The lowest BCUT2D eigenvalue weighted by atomic mass is 10.0. The van der Waals surface area contributed by atoms with Crippen molar-refractivity contribution in [3.8, 4) is 5.75 Å². The number of anilines is 1. The molecule has 2 rings (SSSR count). The Morgan fingerprint density at radius 2 is 2.25 bits per heavy atom. The van der Waals surface area contributed by atoms with Crippen molar-refractivity contribution in [3.05, 3.63) is 23.8 Å². The molecule has 0 saturated heterocycles. The van der Waals surface area contributed by atoms with Gasteiger partial charge in [-0.3, -0.25) is 0 Å². The largest absolute Gasteiger partial charge is 0.491 e. The highest BCUT2D eigenvalue weighted by Crippen LogP contribution is 2.31. The Balaban J connectivity index is 1.97. The molecular formula is C14H21NO. The Bertz CT molecular complexity index is 336. The Morgan fingerprint density at radius 3 is 3.12 bits per heavy atom. The number of unbranched alkanes of at least 4 members (excludes halogenated alkanes) is 2. The Labute approximate surface area is 98.0 Å². The highest BCUT2D eigenvalue weighted by atomic mass is 16.5. The fourth-order valence-corrected chi connectivity index (χ4v) is 2.13. The van der Waals surface area contributed by atoms with Gasteiger partial charge in [0.1, 0.15) is 5.75 Å². The molecule has 0 spiro atoms. The molecule has 1 aliphatic rings. The van der Waals surface area contributed by atoms with Crippen molar-refractivity contribution in [2.75, 3.05) is 18.5 Å². The number of hydrogen-bond acceptors (Lipinski definition) is 2. The van der Waals surface area contributed by atoms with E-state index in [9.17, 15) is 0 Å². The molecule has 2 heteroatoms. The second kappa shape index (κ2) is 5.78. The van der Waals surface area contributed by atoms with Crippen LogP contribution in [0.3, 0.4) is 0 Å². The van der Waals surface area contributed by atoms with Crippen molar-refractivity contribution >= 4 is 5.69 Å². The summed E-state index contributed by atoms with van der Waals surface area (Å²) < 4.78 is 5.84. The van der Waals surface area contributed by atoms with Crippen LogP contribution in [0.2, 0.25) is 0 Å². The van der Waals surface area contributed by atoms with Crippen molar-refractivity contribution in [3.63, 3.8) is 0 Å². The van der Waals surface area contributed by atoms with Gasteiger partial charge in [-0.15, -0.1) is 0 Å². The molecular weight excluding hydrogens is 198 g/mol. The quantitative estimate of drug-likeness (QED) is 0.764. The SMILES string of the molecule is CCCCCOc1cccc2c1NCCC2. The van der Waals surface area contributed by atoms with Crippen LogP contribution >= 0.6 is 0 Å². The van der Waals surface area contributed by atoms with Crippen LogP contribution < -0.4 is 10.1 Å². The summed E-state index contributed by atoms with van der Waals surface area (Å²) in [6, 6.07) is 6.37. The first-order valence-electron chi connectivity index (χ1n) is 6.40. The van der Waals surface area contributed by atoms with Crippen LogP contribution in [0.25, 0.3) is 0 Å². The number of ether oxygens (including phenoxy) is 1. The smallest absolute Gasteiger partial charge is 0.142 e. The van der Waals surface area contributed by atoms with Crippen LogP contribution in [0.4, 0.5) is 5.69 Å². The Kier molecular flexibility index (Phi) is 4.09. The molecule has 1 aromatic carbocycles. The number of benzene rings is 1. The zero-order chi connectivity index (χ0) is 11.2. The molecule has 0 aliphatic carbocycles. The Hall–Kier alpha value is -1.18. The molecule has 1 aromatic rings. The topological polar surface area (TPSA) is 21.3 Å². The van der Waals surface area contributed by atoms with Crippen molar-refractivity contribution in [1.29, 1.82) is 0 Å². The molecule has 0 unspecified atom stereocenters. The van der Waals surface area contributed by atoms with Gasteiger partial charge in [0.15, 0.2) is 0 Å². The number of aryl methyl sites for hydroxylation is 1. The summed E-state index contributed by atoms with van der Waals surface area (Å²) in [6.45, 7) is 4.13. The van der Waals surface area contributed by atoms with Gasteiger partial charge in [-0.2, -0.15) is 0 Å². The van der Waals surface area contributed by atoms with Gasteiger partial charge in [0, 0.05) is 6.54 Å². The molecule has 0 aromatic heterocycles. The average molecular weight is 219 g/mol. The molecule has 0 radical (unpaired) electrons. The summed E-state index contributed by atoms with van der Waals surface area (Å²) in [5.41, 5.74) is 2.63. The van der Waals surface area contributed by atoms with Gasteiger partial charge >= 0.3 is 0 Å². The second-order valence-corrected chi connectivity index (χ2v) is 4.38. The van der Waals surface area contributed by atoms with E-state index in [4.69, 9.17) is 4.74 Å². The number of hydrogen-bond donors (Lipinski definition) is 1. The first kappa shape index (κ1) is 11.3. The minimum Gasteiger partial charge on any atom is -0.491 e. The number of rotatable bonds is 5. The van der Waals surface area contributed by atoms with Crippen molar-refractivity contribution in [2.24, 2.45) is 0 Å². The van der Waals surface area contributed by atoms with Gasteiger partial charge in [0.05, 0.1) is 12.3 Å². The molecule has 1 N–H and O–H groups in total. The molecule has 0 saturated carbocycles. The zero-order valence-electron chi connectivity index (χ0n) is 10.1. The van der Waals surface area contributed by atoms with Crippen LogP contribution in [-0.2, 0) is 6.42 Å². The van der Waals surface area contributed by atoms with Crippen LogP contribution in [0.5, 0.6) is 5.75 Å². The fraction of sp³-hybridized carbons (Fsp3) is 0.571. The van der Waals surface area contributed by atoms with Crippen molar-refractivity contribution in [2.45, 2.75) is 39.0 Å². The minimum absolute atomic E-state index is 0.839. The Morgan fingerprint density at radius 1 is 1.31 bits per heavy atom. The molecule has 0 amide bonds. The van der Waals surface area contributed by atoms with Crippen LogP contribution in [0, 0.1) is 0 Å². The highest BCUT2D eigenvalue weighted by molar-refractivity contribution is 5.63. The number of fused-ring (bicyclic) bond motifs is 1. The summed E-state index contributed by atoms with van der Waals surface area (Å²) in [4.78, 5) is 0. The maximum Gasteiger partial charge on any atom is 0.142 e. The summed E-state index contributed by atoms with van der Waals surface area (Å²) in [5.74, 6) is 1.04. The van der Waals surface area contributed by atoms with Crippen LogP contribution in [0.1, 0.15) is 38.2 Å². The normalized spacial score (nSPS) is 14.1. The maximum atomic E-state index is 5.84. The van der Waals surface area contributed by atoms with E-state index in [0.29, 0.717) is 0 Å². The predicted molar refractivity (Wildman–Crippen MR) is 68.3 cm³/mol. The van der Waals surface area contributed by atoms with E-state index in [2.05, 4.69) is 30.4 Å². The molecule has 88 valence electrons. The third-order valence-corrected chi connectivity index (χ3v) is 3.04. The van der Waals surface area contributed by atoms with Crippen LogP contribution in [0.15, 0.2) is 18.2 Å². The van der Waals surface area contributed by atoms with Gasteiger partial charge in [-0.1, -0.05) is 31.9 Å². The average Bonchev–Trinajstić information content (AvgIpc) is 2.35. The van der Waals surface area contributed by atoms with E-state index in [1.54, 1.807) is 0 Å². The summed E-state index contributed by atoms with van der Waals surface area (Å²) in [6.07, 6.45) is 6.05. The summed E-state index contributed by atoms with van der Waals surface area (Å²) in [7, 11) is 0. The molecule has 16 heavy (non-hydrogen) atoms. The van der Waals surface area contributed by atoms with Crippen molar-refractivity contribution < 1.29 is 4.74 Å². The monoisotopic (exact) mass is 219 g/mol. The molecule has 2 nitrogen and oxygen atoms in total. The van der Waals surface area contributed by atoms with Gasteiger partial charge in [0.2, 0.25) is 0 Å². The van der Waals surface area contributed by atoms with E-state index in [1.807, 2.05) is 0 Å². The molecule has 0 atom stereocenters. The standard InChI is InChI=1S/C14H21NO/c1-2-3-4-11-16-13-9-5-7-12-8-6-10-15-14(12)13/h5,7,9,15H,2-4,6,8,10-11H2,1H3. The van der Waals surface area contributed by atoms with E-state index < -0.39 is 0 Å². The first-order valence-corrected chi connectivity index (χ1v) is 6.40. The van der Waals surface area contributed by atoms with E-state index >= 15 is 0 Å². The zero-order valence-corrected chi connectivity index (χ0v) is 10.1. The van der Waals surface area contributed by atoms with Gasteiger partial charge in [-0.25, -0.2) is 0 Å². The van der Waals surface area contributed by atoms with Gasteiger partial charge < -0.3 is 10.1 Å². The predicted octanol–water partition coefficient (Wildman–Crippen LogP) is 3.61. The third-order valence-electron chi connectivity index (χ3n) is 3.04. The van der Waals surface area contributed by atoms with Gasteiger partial charge in [-0.05, 0) is 30.9 Å². The molecule has 1 aliphatic heterocycles. The fourth-order valence-electron chi connectivity index (χ4n) is 2.13. The third kappa shape index (κ3) is 2.69. The lowest BCUT2D eigenvalue weighted by Gasteiger charge is -2.21. The molecule has 0 fully saturated rings. The lowest BCUT2D eigenvalue weighted by molar-refractivity contribution is 0.307. The van der Waals surface area contributed by atoms with Crippen molar-refractivity contribution in [1.82, 2.24) is 0 Å². The minimum atomic E-state index is 0.839. The first-order chi connectivity index (χ1) is 7.92. The number of para-hydroxylation sites is 1.